The van der Waals surface area contributed by atoms with E-state index in [0.717, 1.165) is 12.4 Å². The Labute approximate surface area is 111 Å². The molecule has 0 amide bonds. The second-order valence-corrected chi connectivity index (χ2v) is 5.73. The van der Waals surface area contributed by atoms with Crippen molar-refractivity contribution in [2.75, 3.05) is 0 Å². The maximum absolute atomic E-state index is 10.1. The zero-order valence-electron chi connectivity index (χ0n) is 10.8. The highest BCUT2D eigenvalue weighted by atomic mass is 32.1. The number of rotatable bonds is 6. The lowest BCUT2D eigenvalue weighted by atomic mass is 10.1. The van der Waals surface area contributed by atoms with E-state index in [1.807, 2.05) is 16.1 Å². The Morgan fingerprint density at radius 2 is 2.22 bits per heavy atom. The molecule has 2 aromatic heterocycles. The molecule has 0 spiro atoms. The molecule has 0 aliphatic heterocycles. The Morgan fingerprint density at radius 1 is 1.39 bits per heavy atom. The van der Waals surface area contributed by atoms with Crippen LogP contribution in [0, 0.1) is 5.92 Å². The third kappa shape index (κ3) is 3.65. The second-order valence-electron chi connectivity index (χ2n) is 4.95. The van der Waals surface area contributed by atoms with Gasteiger partial charge in [0, 0.05) is 13.0 Å². The fourth-order valence-corrected chi connectivity index (χ4v) is 2.59. The van der Waals surface area contributed by atoms with Crippen LogP contribution in [-0.4, -0.2) is 26.0 Å². The number of aliphatic hydroxyl groups is 1. The first-order chi connectivity index (χ1) is 8.65. The van der Waals surface area contributed by atoms with Gasteiger partial charge in [0.2, 0.25) is 0 Å². The van der Waals surface area contributed by atoms with Crippen LogP contribution in [0.15, 0.2) is 23.2 Å². The molecule has 18 heavy (non-hydrogen) atoms. The molecule has 2 rings (SSSR count). The van der Waals surface area contributed by atoms with Crippen LogP contribution < -0.4 is 0 Å². The number of thiophene rings is 1. The molecule has 1 atom stereocenters. The lowest BCUT2D eigenvalue weighted by Crippen LogP contribution is -2.19. The molecule has 0 bridgehead atoms. The van der Waals surface area contributed by atoms with Gasteiger partial charge in [-0.05, 0) is 34.7 Å². The van der Waals surface area contributed by atoms with Crippen molar-refractivity contribution in [1.29, 1.82) is 0 Å². The van der Waals surface area contributed by atoms with Crippen LogP contribution in [0.25, 0.3) is 0 Å². The number of aliphatic hydroxyl groups excluding tert-OH is 1. The van der Waals surface area contributed by atoms with Crippen molar-refractivity contribution in [2.24, 2.45) is 5.92 Å². The predicted octanol–water partition coefficient (Wildman–Crippen LogP) is 2.14. The van der Waals surface area contributed by atoms with E-state index in [0.29, 0.717) is 18.8 Å². The number of hydrogen-bond donors (Lipinski definition) is 1. The Kier molecular flexibility index (Phi) is 4.49. The molecule has 0 aliphatic carbocycles. The molecule has 0 saturated heterocycles. The van der Waals surface area contributed by atoms with Gasteiger partial charge in [0.05, 0.1) is 6.10 Å². The quantitative estimate of drug-likeness (QED) is 0.870. The van der Waals surface area contributed by atoms with Gasteiger partial charge in [0.25, 0.3) is 0 Å². The summed E-state index contributed by atoms with van der Waals surface area (Å²) in [6, 6.07) is 2.05. The van der Waals surface area contributed by atoms with Crippen molar-refractivity contribution in [3.63, 3.8) is 0 Å². The first-order valence-corrected chi connectivity index (χ1v) is 7.15. The molecule has 0 saturated carbocycles. The standard InChI is InChI=1S/C13H19N3OS/c1-10(2)7-16-13(14-9-15-16)6-12(17)5-11-3-4-18-8-11/h3-4,8-10,12,17H,5-7H2,1-2H3. The lowest BCUT2D eigenvalue weighted by molar-refractivity contribution is 0.170. The van der Waals surface area contributed by atoms with Crippen LogP contribution in [0.3, 0.4) is 0 Å². The first kappa shape index (κ1) is 13.2. The van der Waals surface area contributed by atoms with Gasteiger partial charge in [-0.2, -0.15) is 16.4 Å². The summed E-state index contributed by atoms with van der Waals surface area (Å²) in [6.07, 6.45) is 2.41. The van der Waals surface area contributed by atoms with Gasteiger partial charge in [-0.15, -0.1) is 0 Å². The van der Waals surface area contributed by atoms with Gasteiger partial charge in [0.1, 0.15) is 12.2 Å². The molecule has 0 aromatic carbocycles. The van der Waals surface area contributed by atoms with Crippen molar-refractivity contribution in [3.05, 3.63) is 34.5 Å². The maximum Gasteiger partial charge on any atom is 0.138 e. The second kappa shape index (κ2) is 6.11. The first-order valence-electron chi connectivity index (χ1n) is 6.21. The Morgan fingerprint density at radius 3 is 2.89 bits per heavy atom. The fraction of sp³-hybridized carbons (Fsp3) is 0.538. The minimum atomic E-state index is -0.394. The smallest absolute Gasteiger partial charge is 0.138 e. The molecule has 5 heteroatoms. The molecule has 1 N–H and O–H groups in total. The fourth-order valence-electron chi connectivity index (χ4n) is 1.91. The van der Waals surface area contributed by atoms with Gasteiger partial charge < -0.3 is 5.11 Å². The summed E-state index contributed by atoms with van der Waals surface area (Å²) < 4.78 is 1.89. The van der Waals surface area contributed by atoms with E-state index in [2.05, 4.69) is 29.3 Å². The number of aromatic nitrogens is 3. The number of hydrogen-bond acceptors (Lipinski definition) is 4. The van der Waals surface area contributed by atoms with Gasteiger partial charge >= 0.3 is 0 Å². The summed E-state index contributed by atoms with van der Waals surface area (Å²) in [7, 11) is 0. The monoisotopic (exact) mass is 265 g/mol. The third-order valence-electron chi connectivity index (χ3n) is 2.70. The average molecular weight is 265 g/mol. The van der Waals surface area contributed by atoms with Crippen LogP contribution in [0.1, 0.15) is 25.2 Å². The largest absolute Gasteiger partial charge is 0.392 e. The van der Waals surface area contributed by atoms with E-state index in [4.69, 9.17) is 0 Å². The zero-order valence-corrected chi connectivity index (χ0v) is 11.6. The zero-order chi connectivity index (χ0) is 13.0. The molecule has 2 heterocycles. The molecular formula is C13H19N3OS. The van der Waals surface area contributed by atoms with Gasteiger partial charge in [-0.3, -0.25) is 0 Å². The molecule has 0 fully saturated rings. The SMILES string of the molecule is CC(C)Cn1ncnc1CC(O)Cc1ccsc1. The van der Waals surface area contributed by atoms with Crippen LogP contribution >= 0.6 is 11.3 Å². The van der Waals surface area contributed by atoms with Crippen molar-refractivity contribution in [2.45, 2.75) is 39.3 Å². The molecule has 0 radical (unpaired) electrons. The van der Waals surface area contributed by atoms with Crippen molar-refractivity contribution in [3.8, 4) is 0 Å². The summed E-state index contributed by atoms with van der Waals surface area (Å²) in [5.74, 6) is 1.39. The van der Waals surface area contributed by atoms with E-state index in [-0.39, 0.29) is 0 Å². The molecule has 1 unspecified atom stereocenters. The molecule has 98 valence electrons. The van der Waals surface area contributed by atoms with Gasteiger partial charge in [0.15, 0.2) is 0 Å². The highest BCUT2D eigenvalue weighted by Gasteiger charge is 2.12. The summed E-state index contributed by atoms with van der Waals surface area (Å²) >= 11 is 1.66. The van der Waals surface area contributed by atoms with E-state index in [1.54, 1.807) is 17.7 Å². The van der Waals surface area contributed by atoms with E-state index in [1.165, 1.54) is 5.56 Å². The van der Waals surface area contributed by atoms with Gasteiger partial charge in [-0.25, -0.2) is 9.67 Å². The van der Waals surface area contributed by atoms with Crippen LogP contribution in [-0.2, 0) is 19.4 Å². The third-order valence-corrected chi connectivity index (χ3v) is 3.44. The summed E-state index contributed by atoms with van der Waals surface area (Å²) in [6.45, 7) is 5.14. The van der Waals surface area contributed by atoms with Crippen molar-refractivity contribution in [1.82, 2.24) is 14.8 Å². The Bertz CT molecular complexity index is 464. The van der Waals surface area contributed by atoms with Crippen molar-refractivity contribution < 1.29 is 5.11 Å². The maximum atomic E-state index is 10.1. The Balaban J connectivity index is 1.94. The van der Waals surface area contributed by atoms with Gasteiger partial charge in [-0.1, -0.05) is 13.8 Å². The Hall–Kier alpha value is -1.20. The van der Waals surface area contributed by atoms with Crippen LogP contribution in [0.2, 0.25) is 0 Å². The molecule has 0 aliphatic rings. The average Bonchev–Trinajstić information content (AvgIpc) is 2.91. The van der Waals surface area contributed by atoms with Crippen LogP contribution in [0.4, 0.5) is 0 Å². The van der Waals surface area contributed by atoms with E-state index < -0.39 is 6.10 Å². The summed E-state index contributed by atoms with van der Waals surface area (Å²) in [5.41, 5.74) is 1.18. The molecule has 2 aromatic rings. The van der Waals surface area contributed by atoms with Crippen molar-refractivity contribution >= 4 is 11.3 Å². The minimum absolute atomic E-state index is 0.394. The van der Waals surface area contributed by atoms with E-state index >= 15 is 0 Å². The highest BCUT2D eigenvalue weighted by molar-refractivity contribution is 7.07. The minimum Gasteiger partial charge on any atom is -0.392 e. The normalized spacial score (nSPS) is 13.1. The topological polar surface area (TPSA) is 50.9 Å². The molecular weight excluding hydrogens is 246 g/mol. The number of nitrogens with zero attached hydrogens (tertiary/aromatic N) is 3. The van der Waals surface area contributed by atoms with Crippen LogP contribution in [0.5, 0.6) is 0 Å². The summed E-state index contributed by atoms with van der Waals surface area (Å²) in [4.78, 5) is 4.23. The highest BCUT2D eigenvalue weighted by Crippen LogP contribution is 2.11. The van der Waals surface area contributed by atoms with E-state index in [9.17, 15) is 5.11 Å². The predicted molar refractivity (Wildman–Crippen MR) is 72.6 cm³/mol. The lowest BCUT2D eigenvalue weighted by Gasteiger charge is -2.12. The molecule has 4 nitrogen and oxygen atoms in total. The summed E-state index contributed by atoms with van der Waals surface area (Å²) in [5, 5.41) is 18.4.